The van der Waals surface area contributed by atoms with Crippen molar-refractivity contribution >= 4 is 17.5 Å². The molecule has 6 heteroatoms. The molecule has 106 valence electrons. The first-order valence-electron chi connectivity index (χ1n) is 6.29. The third kappa shape index (κ3) is 2.84. The molecule has 1 atom stereocenters. The molecule has 1 aromatic heterocycles. The van der Waals surface area contributed by atoms with E-state index < -0.39 is 5.92 Å². The number of nitrogens with zero attached hydrogens (tertiary/aromatic N) is 2. The van der Waals surface area contributed by atoms with Gasteiger partial charge in [0.1, 0.15) is 0 Å². The molecule has 2 aromatic rings. The molecule has 0 aliphatic carbocycles. The minimum atomic E-state index is -0.407. The Morgan fingerprint density at radius 2 is 2.05 bits per heavy atom. The number of hydrogen-bond donors (Lipinski definition) is 2. The number of carbonyl (C=O) groups is 1. The van der Waals surface area contributed by atoms with Crippen LogP contribution >= 0.6 is 11.6 Å². The number of aromatic nitrogens is 2. The number of nitrogens with one attached hydrogen (secondary N) is 1. The molecule has 3 N–H and O–H groups in total. The number of carbonyl (C=O) groups excluding carboxylic acids is 1. The number of halogens is 1. The smallest absolute Gasteiger partial charge is 0.243 e. The average Bonchev–Trinajstić information content (AvgIpc) is 2.72. The number of aryl methyl sites for hydroxylation is 1. The summed E-state index contributed by atoms with van der Waals surface area (Å²) in [6.07, 6.45) is 0. The molecule has 1 amide bonds. The highest BCUT2D eigenvalue weighted by atomic mass is 35.5. The van der Waals surface area contributed by atoms with E-state index in [-0.39, 0.29) is 5.91 Å². The van der Waals surface area contributed by atoms with E-state index in [2.05, 4.69) is 10.5 Å². The van der Waals surface area contributed by atoms with E-state index in [1.807, 2.05) is 44.2 Å². The molecule has 1 aromatic carbocycles. The van der Waals surface area contributed by atoms with E-state index in [0.29, 0.717) is 11.6 Å². The average molecular weight is 293 g/mol. The van der Waals surface area contributed by atoms with Crippen LogP contribution in [0.5, 0.6) is 0 Å². The Morgan fingerprint density at radius 1 is 1.40 bits per heavy atom. The van der Waals surface area contributed by atoms with Gasteiger partial charge in [0.25, 0.3) is 0 Å². The van der Waals surface area contributed by atoms with Crippen LogP contribution in [-0.4, -0.2) is 15.7 Å². The highest BCUT2D eigenvalue weighted by Crippen LogP contribution is 2.23. The van der Waals surface area contributed by atoms with Gasteiger partial charge in [-0.1, -0.05) is 41.9 Å². The van der Waals surface area contributed by atoms with Gasteiger partial charge in [-0.25, -0.2) is 5.84 Å². The van der Waals surface area contributed by atoms with Crippen LogP contribution < -0.4 is 11.3 Å². The molecule has 0 fully saturated rings. The number of hydrazine groups is 1. The molecular weight excluding hydrogens is 276 g/mol. The minimum absolute atomic E-state index is 0.250. The summed E-state index contributed by atoms with van der Waals surface area (Å²) in [4.78, 5) is 12.0. The fourth-order valence-corrected chi connectivity index (χ4v) is 2.29. The van der Waals surface area contributed by atoms with Gasteiger partial charge in [-0.05, 0) is 19.4 Å². The highest BCUT2D eigenvalue weighted by Gasteiger charge is 2.22. The van der Waals surface area contributed by atoms with Crippen molar-refractivity contribution in [1.82, 2.24) is 15.2 Å². The Morgan fingerprint density at radius 3 is 2.55 bits per heavy atom. The van der Waals surface area contributed by atoms with Crippen LogP contribution in [0.3, 0.4) is 0 Å². The maximum Gasteiger partial charge on any atom is 0.243 e. The molecule has 0 spiro atoms. The summed E-state index contributed by atoms with van der Waals surface area (Å²) in [5.74, 6) is 4.62. The predicted molar refractivity (Wildman–Crippen MR) is 78.2 cm³/mol. The van der Waals surface area contributed by atoms with Gasteiger partial charge in [-0.2, -0.15) is 5.10 Å². The van der Waals surface area contributed by atoms with Gasteiger partial charge in [0.05, 0.1) is 28.9 Å². The number of amides is 1. The third-order valence-electron chi connectivity index (χ3n) is 3.31. The summed E-state index contributed by atoms with van der Waals surface area (Å²) in [6.45, 7) is 4.11. The second-order valence-corrected chi connectivity index (χ2v) is 5.02. The lowest BCUT2D eigenvalue weighted by Crippen LogP contribution is -2.36. The number of benzene rings is 1. The van der Waals surface area contributed by atoms with E-state index in [0.717, 1.165) is 17.0 Å². The third-order valence-corrected chi connectivity index (χ3v) is 3.86. The summed E-state index contributed by atoms with van der Waals surface area (Å²) < 4.78 is 1.74. The molecule has 1 heterocycles. The topological polar surface area (TPSA) is 72.9 Å². The van der Waals surface area contributed by atoms with Gasteiger partial charge in [0.15, 0.2) is 0 Å². The van der Waals surface area contributed by atoms with Crippen molar-refractivity contribution < 1.29 is 4.79 Å². The van der Waals surface area contributed by atoms with Crippen molar-refractivity contribution in [3.05, 3.63) is 52.3 Å². The molecule has 0 aliphatic rings. The number of rotatable bonds is 4. The van der Waals surface area contributed by atoms with Crippen molar-refractivity contribution in [2.75, 3.05) is 0 Å². The van der Waals surface area contributed by atoms with E-state index in [4.69, 9.17) is 17.4 Å². The first kappa shape index (κ1) is 14.6. The van der Waals surface area contributed by atoms with Crippen molar-refractivity contribution in [3.63, 3.8) is 0 Å². The summed E-state index contributed by atoms with van der Waals surface area (Å²) in [7, 11) is 0. The van der Waals surface area contributed by atoms with Crippen LogP contribution in [-0.2, 0) is 11.3 Å². The summed E-state index contributed by atoms with van der Waals surface area (Å²) in [5, 5.41) is 4.99. The largest absolute Gasteiger partial charge is 0.294 e. The molecule has 2 rings (SSSR count). The second kappa shape index (κ2) is 6.07. The maximum absolute atomic E-state index is 12.0. The van der Waals surface area contributed by atoms with Crippen molar-refractivity contribution in [2.24, 2.45) is 5.84 Å². The predicted octanol–water partition coefficient (Wildman–Crippen LogP) is 1.93. The fraction of sp³-hybridized carbons (Fsp3) is 0.286. The zero-order chi connectivity index (χ0) is 14.7. The molecule has 0 radical (unpaired) electrons. The van der Waals surface area contributed by atoms with Crippen molar-refractivity contribution in [3.8, 4) is 0 Å². The van der Waals surface area contributed by atoms with Crippen LogP contribution in [0.2, 0.25) is 5.02 Å². The van der Waals surface area contributed by atoms with Crippen LogP contribution in [0.25, 0.3) is 0 Å². The Labute approximate surface area is 122 Å². The Hall–Kier alpha value is -1.85. The summed E-state index contributed by atoms with van der Waals surface area (Å²) in [5.41, 5.74) is 4.70. The lowest BCUT2D eigenvalue weighted by Gasteiger charge is -2.16. The van der Waals surface area contributed by atoms with Gasteiger partial charge < -0.3 is 0 Å². The monoisotopic (exact) mass is 292 g/mol. The van der Waals surface area contributed by atoms with Crippen LogP contribution in [0.4, 0.5) is 0 Å². The maximum atomic E-state index is 12.0. The first-order valence-corrected chi connectivity index (χ1v) is 6.67. The van der Waals surface area contributed by atoms with Gasteiger partial charge in [0.2, 0.25) is 5.91 Å². The summed E-state index contributed by atoms with van der Waals surface area (Å²) >= 11 is 6.13. The number of hydrogen-bond acceptors (Lipinski definition) is 3. The minimum Gasteiger partial charge on any atom is -0.294 e. The zero-order valence-electron chi connectivity index (χ0n) is 11.4. The Balaban J connectivity index is 2.34. The normalized spacial score (nSPS) is 12.2. The second-order valence-electron chi connectivity index (χ2n) is 4.64. The SMILES string of the molecule is Cc1nn(CC(C(=O)NN)c2ccccc2)c(C)c1Cl. The quantitative estimate of drug-likeness (QED) is 0.514. The molecule has 20 heavy (non-hydrogen) atoms. The lowest BCUT2D eigenvalue weighted by atomic mass is 9.98. The standard InChI is InChI=1S/C14H17ClN4O/c1-9-13(15)10(2)19(18-9)8-12(14(20)17-16)11-6-4-3-5-7-11/h3-7,12H,8,16H2,1-2H3,(H,17,20). The highest BCUT2D eigenvalue weighted by molar-refractivity contribution is 6.31. The Kier molecular flexibility index (Phi) is 4.42. The van der Waals surface area contributed by atoms with Crippen LogP contribution in [0, 0.1) is 13.8 Å². The number of nitrogens with two attached hydrogens (primary N) is 1. The molecule has 0 aliphatic heterocycles. The van der Waals surface area contributed by atoms with Crippen molar-refractivity contribution in [1.29, 1.82) is 0 Å². The first-order chi connectivity index (χ1) is 9.54. The van der Waals surface area contributed by atoms with Gasteiger partial charge in [-0.15, -0.1) is 0 Å². The van der Waals surface area contributed by atoms with E-state index in [1.165, 1.54) is 0 Å². The van der Waals surface area contributed by atoms with E-state index >= 15 is 0 Å². The van der Waals surface area contributed by atoms with Gasteiger partial charge in [-0.3, -0.25) is 14.9 Å². The fourth-order valence-electron chi connectivity index (χ4n) is 2.15. The van der Waals surface area contributed by atoms with Crippen LogP contribution in [0.1, 0.15) is 22.9 Å². The molecule has 0 saturated carbocycles. The van der Waals surface area contributed by atoms with E-state index in [9.17, 15) is 4.79 Å². The molecule has 0 bridgehead atoms. The molecule has 1 unspecified atom stereocenters. The molecular formula is C14H17ClN4O. The van der Waals surface area contributed by atoms with Crippen LogP contribution in [0.15, 0.2) is 30.3 Å². The van der Waals surface area contributed by atoms with E-state index in [1.54, 1.807) is 4.68 Å². The Bertz CT molecular complexity index is 609. The van der Waals surface area contributed by atoms with Gasteiger partial charge in [0, 0.05) is 0 Å². The summed E-state index contributed by atoms with van der Waals surface area (Å²) in [6, 6.07) is 9.47. The lowest BCUT2D eigenvalue weighted by molar-refractivity contribution is -0.123. The molecule has 0 saturated heterocycles. The van der Waals surface area contributed by atoms with Crippen molar-refractivity contribution in [2.45, 2.75) is 26.3 Å². The molecule has 5 nitrogen and oxygen atoms in total. The zero-order valence-corrected chi connectivity index (χ0v) is 12.2. The van der Waals surface area contributed by atoms with Gasteiger partial charge >= 0.3 is 0 Å².